The van der Waals surface area contributed by atoms with Crippen LogP contribution in [-0.4, -0.2) is 16.9 Å². The lowest BCUT2D eigenvalue weighted by molar-refractivity contribution is 0.0928. The number of oxazole rings is 1. The topological polar surface area (TPSA) is 81.1 Å². The summed E-state index contributed by atoms with van der Waals surface area (Å²) in [5.41, 5.74) is 6.28. The second-order valence-electron chi connectivity index (χ2n) is 5.63. The molecule has 3 N–H and O–H groups in total. The first kappa shape index (κ1) is 15.0. The first-order valence-electron chi connectivity index (χ1n) is 7.72. The van der Waals surface area contributed by atoms with Gasteiger partial charge in [-0.2, -0.15) is 0 Å². The van der Waals surface area contributed by atoms with Crippen molar-refractivity contribution < 1.29 is 9.21 Å². The molecule has 1 fully saturated rings. The van der Waals surface area contributed by atoms with Gasteiger partial charge >= 0.3 is 0 Å². The molecular formula is C15H25N3O2. The number of hydrogen-bond acceptors (Lipinski definition) is 4. The molecule has 1 heterocycles. The standard InChI is InChI=1S/C15H25N3O2/c1-2-7-12(16)15-18-13(10-20-15)14(19)17-11-8-5-3-4-6-9-11/h10-12H,2-9,16H2,1H3,(H,17,19). The summed E-state index contributed by atoms with van der Waals surface area (Å²) in [6.07, 6.45) is 10.2. The zero-order valence-electron chi connectivity index (χ0n) is 12.2. The molecule has 1 atom stereocenters. The fraction of sp³-hybridized carbons (Fsp3) is 0.733. The highest BCUT2D eigenvalue weighted by Gasteiger charge is 2.20. The maximum absolute atomic E-state index is 12.1. The molecule has 5 nitrogen and oxygen atoms in total. The number of aromatic nitrogens is 1. The minimum Gasteiger partial charge on any atom is -0.446 e. The van der Waals surface area contributed by atoms with Crippen molar-refractivity contribution in [3.63, 3.8) is 0 Å². The van der Waals surface area contributed by atoms with Gasteiger partial charge in [0.25, 0.3) is 5.91 Å². The molecule has 0 radical (unpaired) electrons. The molecule has 1 aromatic rings. The lowest BCUT2D eigenvalue weighted by atomic mass is 10.1. The maximum Gasteiger partial charge on any atom is 0.273 e. The van der Waals surface area contributed by atoms with Crippen molar-refractivity contribution in [1.82, 2.24) is 10.3 Å². The van der Waals surface area contributed by atoms with E-state index in [9.17, 15) is 4.79 Å². The summed E-state index contributed by atoms with van der Waals surface area (Å²) in [6.45, 7) is 2.06. The van der Waals surface area contributed by atoms with E-state index in [1.54, 1.807) is 0 Å². The van der Waals surface area contributed by atoms with Crippen molar-refractivity contribution in [3.05, 3.63) is 17.8 Å². The highest BCUT2D eigenvalue weighted by atomic mass is 16.3. The van der Waals surface area contributed by atoms with Gasteiger partial charge < -0.3 is 15.5 Å². The van der Waals surface area contributed by atoms with Gasteiger partial charge in [-0.3, -0.25) is 4.79 Å². The third-order valence-electron chi connectivity index (χ3n) is 3.86. The maximum atomic E-state index is 12.1. The van der Waals surface area contributed by atoms with Crippen molar-refractivity contribution in [1.29, 1.82) is 0 Å². The normalized spacial score (nSPS) is 18.5. The summed E-state index contributed by atoms with van der Waals surface area (Å²) in [6, 6.07) is 0.0499. The molecule has 1 unspecified atom stereocenters. The summed E-state index contributed by atoms with van der Waals surface area (Å²) in [5, 5.41) is 3.06. The number of nitrogens with one attached hydrogen (secondary N) is 1. The Labute approximate surface area is 120 Å². The van der Waals surface area contributed by atoms with Crippen LogP contribution < -0.4 is 11.1 Å². The summed E-state index contributed by atoms with van der Waals surface area (Å²) in [7, 11) is 0. The summed E-state index contributed by atoms with van der Waals surface area (Å²) >= 11 is 0. The van der Waals surface area contributed by atoms with Crippen LogP contribution >= 0.6 is 0 Å². The molecular weight excluding hydrogens is 254 g/mol. The molecule has 20 heavy (non-hydrogen) atoms. The van der Waals surface area contributed by atoms with Gasteiger partial charge in [-0.05, 0) is 19.3 Å². The minimum absolute atomic E-state index is 0.143. The van der Waals surface area contributed by atoms with Crippen LogP contribution in [-0.2, 0) is 0 Å². The average molecular weight is 279 g/mol. The van der Waals surface area contributed by atoms with Crippen molar-refractivity contribution in [2.45, 2.75) is 70.4 Å². The van der Waals surface area contributed by atoms with E-state index in [1.165, 1.54) is 31.9 Å². The number of rotatable bonds is 5. The molecule has 1 aliphatic rings. The zero-order chi connectivity index (χ0) is 14.4. The lowest BCUT2D eigenvalue weighted by Crippen LogP contribution is -2.34. The van der Waals surface area contributed by atoms with Crippen molar-refractivity contribution in [2.75, 3.05) is 0 Å². The van der Waals surface area contributed by atoms with Crippen LogP contribution in [0, 0.1) is 0 Å². The van der Waals surface area contributed by atoms with Gasteiger partial charge in [0.05, 0.1) is 6.04 Å². The van der Waals surface area contributed by atoms with E-state index in [0.29, 0.717) is 11.6 Å². The third kappa shape index (κ3) is 4.07. The van der Waals surface area contributed by atoms with Gasteiger partial charge in [0.2, 0.25) is 5.89 Å². The first-order chi connectivity index (χ1) is 9.70. The van der Waals surface area contributed by atoms with E-state index in [1.807, 2.05) is 0 Å². The van der Waals surface area contributed by atoms with E-state index in [-0.39, 0.29) is 18.0 Å². The van der Waals surface area contributed by atoms with Gasteiger partial charge in [-0.25, -0.2) is 4.98 Å². The number of amides is 1. The van der Waals surface area contributed by atoms with Crippen LogP contribution in [0.2, 0.25) is 0 Å². The van der Waals surface area contributed by atoms with E-state index in [0.717, 1.165) is 25.7 Å². The molecule has 1 saturated carbocycles. The van der Waals surface area contributed by atoms with Crippen LogP contribution in [0.15, 0.2) is 10.7 Å². The fourth-order valence-corrected chi connectivity index (χ4v) is 2.68. The Kier molecular flexibility index (Phi) is 5.59. The highest BCUT2D eigenvalue weighted by Crippen LogP contribution is 2.18. The van der Waals surface area contributed by atoms with E-state index >= 15 is 0 Å². The van der Waals surface area contributed by atoms with E-state index < -0.39 is 0 Å². The van der Waals surface area contributed by atoms with Crippen LogP contribution in [0.4, 0.5) is 0 Å². The molecule has 112 valence electrons. The number of carbonyl (C=O) groups excluding carboxylic acids is 1. The van der Waals surface area contributed by atoms with Gasteiger partial charge in [0, 0.05) is 6.04 Å². The summed E-state index contributed by atoms with van der Waals surface area (Å²) in [4.78, 5) is 16.4. The molecule has 0 saturated heterocycles. The van der Waals surface area contributed by atoms with Gasteiger partial charge in [-0.1, -0.05) is 39.0 Å². The Hall–Kier alpha value is -1.36. The van der Waals surface area contributed by atoms with Crippen LogP contribution in [0.3, 0.4) is 0 Å². The molecule has 0 bridgehead atoms. The fourth-order valence-electron chi connectivity index (χ4n) is 2.68. The summed E-state index contributed by atoms with van der Waals surface area (Å²) < 4.78 is 5.32. The molecule has 1 aromatic heterocycles. The Morgan fingerprint density at radius 3 is 2.80 bits per heavy atom. The molecule has 0 aliphatic heterocycles. The van der Waals surface area contributed by atoms with Gasteiger partial charge in [0.1, 0.15) is 6.26 Å². The third-order valence-corrected chi connectivity index (χ3v) is 3.86. The molecule has 0 aromatic carbocycles. The molecule has 1 amide bonds. The van der Waals surface area contributed by atoms with E-state index in [2.05, 4.69) is 17.2 Å². The smallest absolute Gasteiger partial charge is 0.273 e. The number of hydrogen-bond donors (Lipinski definition) is 2. The Morgan fingerprint density at radius 1 is 1.45 bits per heavy atom. The summed E-state index contributed by atoms with van der Waals surface area (Å²) in [5.74, 6) is 0.313. The number of nitrogens with two attached hydrogens (primary N) is 1. The number of nitrogens with zero attached hydrogens (tertiary/aromatic N) is 1. The second-order valence-corrected chi connectivity index (χ2v) is 5.63. The predicted octanol–water partition coefficient (Wildman–Crippen LogP) is 2.93. The van der Waals surface area contributed by atoms with Crippen LogP contribution in [0.5, 0.6) is 0 Å². The molecule has 0 spiro atoms. The van der Waals surface area contributed by atoms with Crippen LogP contribution in [0.25, 0.3) is 0 Å². The second kappa shape index (κ2) is 7.43. The zero-order valence-corrected chi connectivity index (χ0v) is 12.2. The van der Waals surface area contributed by atoms with Gasteiger partial charge in [-0.15, -0.1) is 0 Å². The molecule has 1 aliphatic carbocycles. The van der Waals surface area contributed by atoms with Crippen molar-refractivity contribution in [3.8, 4) is 0 Å². The Balaban J connectivity index is 1.91. The lowest BCUT2D eigenvalue weighted by Gasteiger charge is -2.14. The van der Waals surface area contributed by atoms with Crippen molar-refractivity contribution in [2.24, 2.45) is 5.73 Å². The van der Waals surface area contributed by atoms with Crippen molar-refractivity contribution >= 4 is 5.91 Å². The average Bonchev–Trinajstić information content (AvgIpc) is 2.79. The monoisotopic (exact) mass is 279 g/mol. The Bertz CT molecular complexity index is 423. The highest BCUT2D eigenvalue weighted by molar-refractivity contribution is 5.92. The van der Waals surface area contributed by atoms with Gasteiger partial charge in [0.15, 0.2) is 5.69 Å². The largest absolute Gasteiger partial charge is 0.446 e. The van der Waals surface area contributed by atoms with E-state index in [4.69, 9.17) is 10.2 Å². The molecule has 5 heteroatoms. The minimum atomic E-state index is -0.223. The predicted molar refractivity (Wildman–Crippen MR) is 77.3 cm³/mol. The quantitative estimate of drug-likeness (QED) is 0.812. The SMILES string of the molecule is CCCC(N)c1nc(C(=O)NC2CCCCCC2)co1. The molecule has 2 rings (SSSR count). The first-order valence-corrected chi connectivity index (χ1v) is 7.72. The Morgan fingerprint density at radius 2 is 2.15 bits per heavy atom. The number of carbonyl (C=O) groups is 1. The van der Waals surface area contributed by atoms with Crippen LogP contribution in [0.1, 0.15) is 80.7 Å².